The van der Waals surface area contributed by atoms with Gasteiger partial charge >= 0.3 is 0 Å². The smallest absolute Gasteiger partial charge is 0.250 e. The molecule has 3 atom stereocenters. The fraction of sp³-hybridized carbons (Fsp3) is 0.257. The molecule has 5 nitrogen and oxygen atoms in total. The Hall–Kier alpha value is -4.03. The van der Waals surface area contributed by atoms with Crippen LogP contribution in [-0.2, 0) is 16.1 Å². The third-order valence-corrected chi connectivity index (χ3v) is 9.71. The number of amides is 2. The van der Waals surface area contributed by atoms with E-state index in [0.29, 0.717) is 6.54 Å². The van der Waals surface area contributed by atoms with E-state index in [2.05, 4.69) is 55.1 Å². The van der Waals surface area contributed by atoms with Gasteiger partial charge in [0, 0.05) is 24.0 Å². The average Bonchev–Trinajstić information content (AvgIpc) is 3.25. The average molecular weight is 562 g/mol. The SMILES string of the molecule is CN(Cc1ccccc1)C(=O)C1N2C(=O)C(N(c3ccccc3)C(c3ccccc3)c3ccccc3)[C@H]2SC1(C)C. The molecule has 4 aromatic carbocycles. The minimum absolute atomic E-state index is 0.000233. The summed E-state index contributed by atoms with van der Waals surface area (Å²) in [6.07, 6.45) is 0. The fourth-order valence-electron chi connectivity index (χ4n) is 6.25. The van der Waals surface area contributed by atoms with E-state index in [4.69, 9.17) is 0 Å². The molecule has 2 heterocycles. The first-order chi connectivity index (χ1) is 19.9. The van der Waals surface area contributed by atoms with Gasteiger partial charge in [0.2, 0.25) is 11.8 Å². The molecule has 2 unspecified atom stereocenters. The number of para-hydroxylation sites is 1. The summed E-state index contributed by atoms with van der Waals surface area (Å²) < 4.78 is -0.436. The van der Waals surface area contributed by atoms with Gasteiger partial charge < -0.3 is 14.7 Å². The van der Waals surface area contributed by atoms with E-state index < -0.39 is 16.8 Å². The van der Waals surface area contributed by atoms with Crippen LogP contribution in [0.25, 0.3) is 0 Å². The number of benzene rings is 4. The van der Waals surface area contributed by atoms with Crippen molar-refractivity contribution in [3.05, 3.63) is 138 Å². The van der Waals surface area contributed by atoms with Crippen LogP contribution in [0.1, 0.15) is 36.6 Å². The monoisotopic (exact) mass is 561 g/mol. The Morgan fingerprint density at radius 3 is 1.83 bits per heavy atom. The van der Waals surface area contributed by atoms with E-state index >= 15 is 0 Å². The topological polar surface area (TPSA) is 43.9 Å². The van der Waals surface area contributed by atoms with Crippen molar-refractivity contribution in [3.8, 4) is 0 Å². The maximum atomic E-state index is 14.3. The quantitative estimate of drug-likeness (QED) is 0.235. The molecule has 208 valence electrons. The molecule has 0 spiro atoms. The number of carbonyl (C=O) groups is 2. The van der Waals surface area contributed by atoms with Gasteiger partial charge in [0.1, 0.15) is 17.5 Å². The minimum Gasteiger partial charge on any atom is -0.346 e. The molecule has 0 aromatic heterocycles. The summed E-state index contributed by atoms with van der Waals surface area (Å²) in [6.45, 7) is 4.70. The van der Waals surface area contributed by atoms with Gasteiger partial charge in [0.15, 0.2) is 0 Å². The normalized spacial score (nSPS) is 20.8. The van der Waals surface area contributed by atoms with Crippen LogP contribution in [0.3, 0.4) is 0 Å². The molecule has 0 saturated carbocycles. The van der Waals surface area contributed by atoms with E-state index in [-0.39, 0.29) is 23.2 Å². The number of rotatable bonds is 8. The first kappa shape index (κ1) is 27.2. The number of carbonyl (C=O) groups excluding carboxylic acids is 2. The zero-order chi connectivity index (χ0) is 28.6. The lowest BCUT2D eigenvalue weighted by molar-refractivity contribution is -0.155. The van der Waals surface area contributed by atoms with Gasteiger partial charge in [-0.1, -0.05) is 109 Å². The molecule has 0 aliphatic carbocycles. The number of anilines is 1. The molecule has 2 saturated heterocycles. The van der Waals surface area contributed by atoms with E-state index in [1.807, 2.05) is 96.9 Å². The highest BCUT2D eigenvalue weighted by molar-refractivity contribution is 8.01. The van der Waals surface area contributed by atoms with Gasteiger partial charge in [-0.15, -0.1) is 11.8 Å². The molecule has 2 amide bonds. The molecule has 2 aliphatic heterocycles. The predicted molar refractivity (Wildman–Crippen MR) is 166 cm³/mol. The predicted octanol–water partition coefficient (Wildman–Crippen LogP) is 6.37. The summed E-state index contributed by atoms with van der Waals surface area (Å²) in [5, 5.41) is -0.147. The van der Waals surface area contributed by atoms with Crippen LogP contribution in [0.15, 0.2) is 121 Å². The lowest BCUT2D eigenvalue weighted by atomic mass is 9.90. The molecule has 41 heavy (non-hydrogen) atoms. The Kier molecular flexibility index (Phi) is 7.35. The summed E-state index contributed by atoms with van der Waals surface area (Å²) >= 11 is 1.74. The highest BCUT2D eigenvalue weighted by Crippen LogP contribution is 2.54. The number of thioether (sulfide) groups is 1. The van der Waals surface area contributed by atoms with Crippen LogP contribution in [0.5, 0.6) is 0 Å². The highest BCUT2D eigenvalue weighted by atomic mass is 32.2. The lowest BCUT2D eigenvalue weighted by Gasteiger charge is -2.52. The van der Waals surface area contributed by atoms with Crippen molar-refractivity contribution in [1.82, 2.24) is 9.80 Å². The number of β-lactam (4-membered cyclic amide) rings is 1. The van der Waals surface area contributed by atoms with Crippen LogP contribution in [-0.4, -0.2) is 50.9 Å². The fourth-order valence-corrected chi connectivity index (χ4v) is 7.93. The Morgan fingerprint density at radius 1 is 0.805 bits per heavy atom. The Morgan fingerprint density at radius 2 is 1.29 bits per heavy atom. The van der Waals surface area contributed by atoms with Crippen molar-refractivity contribution in [2.45, 2.75) is 48.6 Å². The number of hydrogen-bond acceptors (Lipinski definition) is 4. The van der Waals surface area contributed by atoms with Gasteiger partial charge in [-0.2, -0.15) is 0 Å². The molecule has 6 heteroatoms. The standard InChI is InChI=1S/C35H35N3O2S/c1-35(2)31(33(40)36(3)24-25-16-8-4-9-17-25)38-32(39)30(34(38)41-35)37(28-22-14-7-15-23-28)29(26-18-10-5-11-19-26)27-20-12-6-13-21-27/h4-23,29-31,34H,24H2,1-3H3/t30?,31?,34-/m1/s1. The summed E-state index contributed by atoms with van der Waals surface area (Å²) in [6, 6.07) is 39.8. The van der Waals surface area contributed by atoms with Crippen LogP contribution < -0.4 is 4.90 Å². The van der Waals surface area contributed by atoms with E-state index in [9.17, 15) is 9.59 Å². The Labute approximate surface area is 246 Å². The van der Waals surface area contributed by atoms with E-state index in [0.717, 1.165) is 22.4 Å². The second kappa shape index (κ2) is 11.1. The van der Waals surface area contributed by atoms with Crippen LogP contribution in [0.4, 0.5) is 5.69 Å². The zero-order valence-corrected chi connectivity index (χ0v) is 24.4. The van der Waals surface area contributed by atoms with Crippen LogP contribution >= 0.6 is 11.8 Å². The minimum atomic E-state index is -0.528. The molecule has 0 N–H and O–H groups in total. The maximum Gasteiger partial charge on any atom is 0.250 e. The second-order valence-corrected chi connectivity index (χ2v) is 13.1. The molecule has 0 bridgehead atoms. The molecule has 0 radical (unpaired) electrons. The van der Waals surface area contributed by atoms with Crippen molar-refractivity contribution >= 4 is 29.3 Å². The molecule has 6 rings (SSSR count). The zero-order valence-electron chi connectivity index (χ0n) is 23.6. The maximum absolute atomic E-state index is 14.3. The first-order valence-corrected chi connectivity index (χ1v) is 15.0. The number of fused-ring (bicyclic) bond motifs is 1. The third kappa shape index (κ3) is 5.02. The van der Waals surface area contributed by atoms with Gasteiger partial charge in [-0.3, -0.25) is 9.59 Å². The molecule has 2 aliphatic rings. The van der Waals surface area contributed by atoms with E-state index in [1.165, 1.54) is 0 Å². The molecular formula is C35H35N3O2S. The van der Waals surface area contributed by atoms with Crippen molar-refractivity contribution in [3.63, 3.8) is 0 Å². The van der Waals surface area contributed by atoms with Crippen LogP contribution in [0.2, 0.25) is 0 Å². The largest absolute Gasteiger partial charge is 0.346 e. The van der Waals surface area contributed by atoms with E-state index in [1.54, 1.807) is 16.7 Å². The molecule has 2 fully saturated rings. The van der Waals surface area contributed by atoms with Gasteiger partial charge in [-0.25, -0.2) is 0 Å². The number of likely N-dealkylation sites (N-methyl/N-ethyl adjacent to an activating group) is 1. The van der Waals surface area contributed by atoms with Crippen molar-refractivity contribution in [2.75, 3.05) is 11.9 Å². The molecular weight excluding hydrogens is 526 g/mol. The Bertz CT molecular complexity index is 1460. The Balaban J connectivity index is 1.37. The summed E-state index contributed by atoms with van der Waals surface area (Å²) in [5.41, 5.74) is 4.29. The van der Waals surface area contributed by atoms with Crippen molar-refractivity contribution in [1.29, 1.82) is 0 Å². The summed E-state index contributed by atoms with van der Waals surface area (Å²) in [7, 11) is 1.84. The van der Waals surface area contributed by atoms with Crippen LogP contribution in [0, 0.1) is 0 Å². The number of nitrogens with zero attached hydrogens (tertiary/aromatic N) is 3. The second-order valence-electron chi connectivity index (χ2n) is 11.4. The van der Waals surface area contributed by atoms with Gasteiger partial charge in [0.05, 0.1) is 6.04 Å². The van der Waals surface area contributed by atoms with Gasteiger partial charge in [0.25, 0.3) is 0 Å². The lowest BCUT2D eigenvalue weighted by Crippen LogP contribution is -2.72. The van der Waals surface area contributed by atoms with Gasteiger partial charge in [-0.05, 0) is 42.7 Å². The van der Waals surface area contributed by atoms with Crippen molar-refractivity contribution < 1.29 is 9.59 Å². The highest BCUT2D eigenvalue weighted by Gasteiger charge is 2.66. The number of hydrogen-bond donors (Lipinski definition) is 0. The third-order valence-electron chi connectivity index (χ3n) is 8.15. The molecule has 4 aromatic rings. The first-order valence-electron chi connectivity index (χ1n) is 14.1. The summed E-state index contributed by atoms with van der Waals surface area (Å²) in [5.74, 6) is -0.0187. The van der Waals surface area contributed by atoms with Crippen molar-refractivity contribution in [2.24, 2.45) is 0 Å². The summed E-state index contributed by atoms with van der Waals surface area (Å²) in [4.78, 5) is 34.1.